The van der Waals surface area contributed by atoms with Gasteiger partial charge in [-0.05, 0) is 51.3 Å². The lowest BCUT2D eigenvalue weighted by atomic mass is 9.80. The second kappa shape index (κ2) is 17.0. The quantitative estimate of drug-likeness (QED) is 0.180. The van der Waals surface area contributed by atoms with E-state index in [0.717, 1.165) is 44.3 Å². The maximum absolute atomic E-state index is 13.1. The van der Waals surface area contributed by atoms with Crippen LogP contribution in [0.15, 0.2) is 36.0 Å². The van der Waals surface area contributed by atoms with Crippen molar-refractivity contribution in [3.8, 4) is 0 Å². The maximum Gasteiger partial charge on any atom is 0.410 e. The van der Waals surface area contributed by atoms with Gasteiger partial charge in [-0.3, -0.25) is 4.79 Å². The van der Waals surface area contributed by atoms with Gasteiger partial charge in [-0.15, -0.1) is 0 Å². The highest BCUT2D eigenvalue weighted by Gasteiger charge is 2.34. The molecule has 0 aromatic carbocycles. The van der Waals surface area contributed by atoms with Crippen LogP contribution in [0.1, 0.15) is 73.1 Å². The second-order valence-corrected chi connectivity index (χ2v) is 13.5. The van der Waals surface area contributed by atoms with Gasteiger partial charge in [0.05, 0.1) is 19.3 Å². The van der Waals surface area contributed by atoms with Crippen LogP contribution in [-0.2, 0) is 19.0 Å². The Morgan fingerprint density at radius 2 is 1.84 bits per heavy atom. The minimum Gasteiger partial charge on any atom is -0.457 e. The van der Waals surface area contributed by atoms with Crippen LogP contribution in [0, 0.1) is 17.3 Å². The smallest absolute Gasteiger partial charge is 0.410 e. The first-order valence-electron chi connectivity index (χ1n) is 16.3. The fourth-order valence-electron chi connectivity index (χ4n) is 5.92. The number of nitrogens with zero attached hydrogens (tertiary/aromatic N) is 3. The third kappa shape index (κ3) is 10.6. The Balaban J connectivity index is 1.66. The summed E-state index contributed by atoms with van der Waals surface area (Å²) >= 11 is 0. The van der Waals surface area contributed by atoms with Crippen LogP contribution in [0.5, 0.6) is 0 Å². The van der Waals surface area contributed by atoms with Crippen molar-refractivity contribution in [3.63, 3.8) is 0 Å². The molecule has 2 saturated heterocycles. The van der Waals surface area contributed by atoms with Gasteiger partial charge in [-0.1, -0.05) is 58.4 Å². The van der Waals surface area contributed by atoms with Gasteiger partial charge in [0.2, 0.25) is 0 Å². The van der Waals surface area contributed by atoms with Crippen LogP contribution in [0.3, 0.4) is 0 Å². The number of hydrogen-bond donors (Lipinski definition) is 1. The van der Waals surface area contributed by atoms with E-state index >= 15 is 0 Å². The van der Waals surface area contributed by atoms with Crippen molar-refractivity contribution in [1.82, 2.24) is 14.7 Å². The third-order valence-corrected chi connectivity index (χ3v) is 9.08. The van der Waals surface area contributed by atoms with Crippen LogP contribution >= 0.6 is 0 Å². The number of likely N-dealkylation sites (N-methyl/N-ethyl adjacent to an activating group) is 1. The van der Waals surface area contributed by atoms with Gasteiger partial charge in [0.25, 0.3) is 0 Å². The zero-order valence-electron chi connectivity index (χ0n) is 27.7. The topological polar surface area (TPSA) is 109 Å². The maximum atomic E-state index is 13.1. The molecule has 0 unspecified atom stereocenters. The van der Waals surface area contributed by atoms with E-state index in [2.05, 4.69) is 25.8 Å². The molecule has 10 heteroatoms. The highest BCUT2D eigenvalue weighted by atomic mass is 16.6. The van der Waals surface area contributed by atoms with Gasteiger partial charge in [-0.25, -0.2) is 9.59 Å². The van der Waals surface area contributed by atoms with Crippen molar-refractivity contribution < 1.29 is 33.7 Å². The number of esters is 1. The van der Waals surface area contributed by atoms with Crippen molar-refractivity contribution in [2.75, 3.05) is 53.0 Å². The lowest BCUT2D eigenvalue weighted by Gasteiger charge is -2.36. The summed E-state index contributed by atoms with van der Waals surface area (Å²) in [7, 11) is 2.06. The molecule has 1 N–H and O–H groups in total. The standard InChI is InChI=1S/C34H55N3O7/c1-25(24-42-33(41)37-18-10-13-28(37)23-38)11-9-12-26(2)31-27(3)15-16-29(34(4,5)17-8-7-14-30(39)44-31)43-32(40)36-21-19-35(6)20-22-36/h9,11-12,15-16,25,27-29,31,38H,7-8,10,13-14,17-24H2,1-6H3/b11-9+,16-15+,26-12+/t25-,27+,28+,29+,31-/m1/s1. The molecule has 2 amide bonds. The highest BCUT2D eigenvalue weighted by molar-refractivity contribution is 5.70. The van der Waals surface area contributed by atoms with E-state index in [1.165, 1.54) is 0 Å². The number of ether oxygens (including phenoxy) is 3. The molecule has 248 valence electrons. The third-order valence-electron chi connectivity index (χ3n) is 9.08. The minimum absolute atomic E-state index is 0.0210. The number of hydrogen-bond acceptors (Lipinski definition) is 8. The predicted molar refractivity (Wildman–Crippen MR) is 170 cm³/mol. The summed E-state index contributed by atoms with van der Waals surface area (Å²) in [4.78, 5) is 43.9. The first kappa shape index (κ1) is 35.6. The molecule has 5 atom stereocenters. The van der Waals surface area contributed by atoms with E-state index in [1.807, 2.05) is 51.2 Å². The van der Waals surface area contributed by atoms with Crippen molar-refractivity contribution >= 4 is 18.2 Å². The lowest BCUT2D eigenvalue weighted by molar-refractivity contribution is -0.149. The first-order chi connectivity index (χ1) is 20.9. The number of rotatable bonds is 7. The minimum atomic E-state index is -0.473. The molecule has 2 fully saturated rings. The van der Waals surface area contributed by atoms with Gasteiger partial charge in [-0.2, -0.15) is 0 Å². The number of cyclic esters (lactones) is 1. The molecule has 44 heavy (non-hydrogen) atoms. The average Bonchev–Trinajstić information content (AvgIpc) is 3.47. The van der Waals surface area contributed by atoms with E-state index in [-0.39, 0.29) is 54.7 Å². The summed E-state index contributed by atoms with van der Waals surface area (Å²) in [5.41, 5.74) is 0.596. The summed E-state index contributed by atoms with van der Waals surface area (Å²) in [6.45, 7) is 13.9. The van der Waals surface area contributed by atoms with Gasteiger partial charge in [0.1, 0.15) is 12.2 Å². The molecule has 10 nitrogen and oxygen atoms in total. The number of allylic oxidation sites excluding steroid dienone is 2. The summed E-state index contributed by atoms with van der Waals surface area (Å²) in [6, 6.07) is -0.158. The van der Waals surface area contributed by atoms with E-state index in [4.69, 9.17) is 14.2 Å². The van der Waals surface area contributed by atoms with Crippen LogP contribution in [0.4, 0.5) is 9.59 Å². The Labute approximate surface area is 264 Å². The molecule has 0 aromatic rings. The Kier molecular flexibility index (Phi) is 13.8. The zero-order valence-corrected chi connectivity index (χ0v) is 27.7. The monoisotopic (exact) mass is 617 g/mol. The summed E-state index contributed by atoms with van der Waals surface area (Å²) in [6.07, 6.45) is 12.6. The number of aliphatic hydroxyl groups is 1. The molecular weight excluding hydrogens is 562 g/mol. The molecule has 3 rings (SSSR count). The molecule has 0 radical (unpaired) electrons. The normalized spacial score (nSPS) is 29.0. The van der Waals surface area contributed by atoms with E-state index < -0.39 is 12.2 Å². The van der Waals surface area contributed by atoms with E-state index in [0.29, 0.717) is 32.5 Å². The average molecular weight is 618 g/mol. The zero-order chi connectivity index (χ0) is 32.3. The van der Waals surface area contributed by atoms with Crippen LogP contribution in [0.25, 0.3) is 0 Å². The Morgan fingerprint density at radius 3 is 2.55 bits per heavy atom. The molecule has 3 heterocycles. The molecule has 0 bridgehead atoms. The highest BCUT2D eigenvalue weighted by Crippen LogP contribution is 2.33. The van der Waals surface area contributed by atoms with Gasteiger partial charge in [0.15, 0.2) is 0 Å². The number of amides is 2. The van der Waals surface area contributed by atoms with Crippen molar-refractivity contribution in [3.05, 3.63) is 36.0 Å². The predicted octanol–water partition coefficient (Wildman–Crippen LogP) is 5.18. The number of carbonyl (C=O) groups excluding carboxylic acids is 3. The van der Waals surface area contributed by atoms with Crippen molar-refractivity contribution in [2.24, 2.45) is 17.3 Å². The molecule has 0 aliphatic carbocycles. The molecule has 3 aliphatic heterocycles. The number of likely N-dealkylation sites (tertiary alicyclic amines) is 1. The second-order valence-electron chi connectivity index (χ2n) is 13.5. The van der Waals surface area contributed by atoms with Gasteiger partial charge >= 0.3 is 18.2 Å². The number of aliphatic hydroxyl groups excluding tert-OH is 1. The van der Waals surface area contributed by atoms with Gasteiger partial charge in [0, 0.05) is 56.4 Å². The molecule has 0 aromatic heterocycles. The lowest BCUT2D eigenvalue weighted by Crippen LogP contribution is -2.48. The summed E-state index contributed by atoms with van der Waals surface area (Å²) < 4.78 is 17.6. The SMILES string of the molecule is C/C(=C\C=C\[C@@H](C)COC(=O)N1CCC[C@H]1CO)[C@H]1OC(=O)CCCCC(C)(C)[C@@H](OC(=O)N2CCN(C)CC2)/C=C/[C@@H]1C. The molecule has 0 saturated carbocycles. The van der Waals surface area contributed by atoms with Crippen LogP contribution in [-0.4, -0.2) is 109 Å². The Hall–Kier alpha value is -2.85. The largest absolute Gasteiger partial charge is 0.457 e. The summed E-state index contributed by atoms with van der Waals surface area (Å²) in [5, 5.41) is 9.46. The molecular formula is C34H55N3O7. The van der Waals surface area contributed by atoms with Crippen molar-refractivity contribution in [2.45, 2.75) is 91.4 Å². The fraction of sp³-hybridized carbons (Fsp3) is 0.735. The summed E-state index contributed by atoms with van der Waals surface area (Å²) in [5.74, 6) is -0.388. The van der Waals surface area contributed by atoms with Crippen LogP contribution in [0.2, 0.25) is 0 Å². The van der Waals surface area contributed by atoms with Gasteiger partial charge < -0.3 is 34.0 Å². The first-order valence-corrected chi connectivity index (χ1v) is 16.3. The number of carbonyl (C=O) groups is 3. The van der Waals surface area contributed by atoms with Crippen LogP contribution < -0.4 is 0 Å². The fourth-order valence-corrected chi connectivity index (χ4v) is 5.92. The Bertz CT molecular complexity index is 1050. The Morgan fingerprint density at radius 1 is 1.11 bits per heavy atom. The number of piperazine rings is 1. The van der Waals surface area contributed by atoms with E-state index in [9.17, 15) is 19.5 Å². The molecule has 3 aliphatic rings. The molecule has 0 spiro atoms. The van der Waals surface area contributed by atoms with Crippen molar-refractivity contribution in [1.29, 1.82) is 0 Å². The van der Waals surface area contributed by atoms with E-state index in [1.54, 1.807) is 9.80 Å².